The van der Waals surface area contributed by atoms with E-state index >= 15 is 0 Å². The highest BCUT2D eigenvalue weighted by Crippen LogP contribution is 2.19. The quantitative estimate of drug-likeness (QED) is 0.484. The van der Waals surface area contributed by atoms with E-state index in [4.69, 9.17) is 6.42 Å². The zero-order valence-electron chi connectivity index (χ0n) is 10.9. The topological polar surface area (TPSA) is 12.0 Å². The average molecular weight is 247 g/mol. The molecule has 0 heterocycles. The van der Waals surface area contributed by atoms with Gasteiger partial charge in [-0.3, -0.25) is 0 Å². The highest BCUT2D eigenvalue weighted by Gasteiger charge is 2.07. The van der Waals surface area contributed by atoms with Crippen molar-refractivity contribution in [2.45, 2.75) is 44.2 Å². The molecule has 0 aliphatic heterocycles. The lowest BCUT2D eigenvalue weighted by Gasteiger charge is -2.20. The van der Waals surface area contributed by atoms with Gasteiger partial charge in [-0.05, 0) is 38.5 Å². The lowest BCUT2D eigenvalue weighted by molar-refractivity contribution is 0.424. The van der Waals surface area contributed by atoms with E-state index in [-0.39, 0.29) is 5.54 Å². The minimum Gasteiger partial charge on any atom is -0.308 e. The van der Waals surface area contributed by atoms with Gasteiger partial charge < -0.3 is 5.32 Å². The summed E-state index contributed by atoms with van der Waals surface area (Å²) in [6, 6.07) is 8.69. The second-order valence-electron chi connectivity index (χ2n) is 5.05. The van der Waals surface area contributed by atoms with Crippen molar-refractivity contribution in [1.82, 2.24) is 5.32 Å². The number of nitrogens with one attached hydrogen (secondary N) is 1. The Labute approximate surface area is 109 Å². The molecule has 0 aliphatic rings. The van der Waals surface area contributed by atoms with Crippen molar-refractivity contribution in [3.63, 3.8) is 0 Å². The summed E-state index contributed by atoms with van der Waals surface area (Å²) < 4.78 is 0. The number of benzene rings is 1. The first kappa shape index (κ1) is 14.2. The first-order chi connectivity index (χ1) is 8.01. The third-order valence-electron chi connectivity index (χ3n) is 2.26. The molecular weight excluding hydrogens is 226 g/mol. The molecule has 1 N–H and O–H groups in total. The summed E-state index contributed by atoms with van der Waals surface area (Å²) in [5, 5.41) is 3.48. The van der Waals surface area contributed by atoms with Crippen molar-refractivity contribution >= 4 is 11.8 Å². The molecule has 0 amide bonds. The van der Waals surface area contributed by atoms with Gasteiger partial charge in [0.05, 0.1) is 0 Å². The molecule has 1 aromatic rings. The minimum atomic E-state index is 0.167. The number of hydrogen-bond acceptors (Lipinski definition) is 2. The monoisotopic (exact) mass is 247 g/mol. The Balaban J connectivity index is 2.42. The first-order valence-electron chi connectivity index (χ1n) is 5.91. The second kappa shape index (κ2) is 6.74. The third kappa shape index (κ3) is 6.41. The van der Waals surface area contributed by atoms with Crippen molar-refractivity contribution in [3.05, 3.63) is 29.8 Å². The average Bonchev–Trinajstić information content (AvgIpc) is 2.27. The lowest BCUT2D eigenvalue weighted by atomic mass is 10.1. The van der Waals surface area contributed by atoms with E-state index in [1.165, 1.54) is 10.5 Å². The predicted octanol–water partition coefficient (Wildman–Crippen LogP) is 3.69. The molecule has 0 saturated carbocycles. The van der Waals surface area contributed by atoms with Gasteiger partial charge in [0.25, 0.3) is 0 Å². The fraction of sp³-hybridized carbons (Fsp3) is 0.467. The summed E-state index contributed by atoms with van der Waals surface area (Å²) in [5.41, 5.74) is 1.49. The van der Waals surface area contributed by atoms with E-state index < -0.39 is 0 Å². The normalized spacial score (nSPS) is 11.2. The van der Waals surface area contributed by atoms with E-state index in [2.05, 4.69) is 56.3 Å². The number of thioether (sulfide) groups is 1. The van der Waals surface area contributed by atoms with Gasteiger partial charge in [0.2, 0.25) is 0 Å². The highest BCUT2D eigenvalue weighted by molar-refractivity contribution is 7.99. The molecule has 0 saturated heterocycles. The van der Waals surface area contributed by atoms with Gasteiger partial charge in [-0.1, -0.05) is 12.1 Å². The van der Waals surface area contributed by atoms with Gasteiger partial charge in [-0.2, -0.15) is 0 Å². The van der Waals surface area contributed by atoms with Crippen LogP contribution in [0, 0.1) is 12.3 Å². The van der Waals surface area contributed by atoms with Crippen molar-refractivity contribution in [2.24, 2.45) is 0 Å². The Hall–Kier alpha value is -0.910. The maximum atomic E-state index is 5.23. The maximum Gasteiger partial charge on any atom is 0.0210 e. The number of rotatable bonds is 5. The molecule has 0 aliphatic carbocycles. The van der Waals surface area contributed by atoms with Gasteiger partial charge >= 0.3 is 0 Å². The van der Waals surface area contributed by atoms with Crippen LogP contribution >= 0.6 is 11.8 Å². The van der Waals surface area contributed by atoms with Crippen LogP contribution in [0.1, 0.15) is 32.8 Å². The molecule has 0 bridgehead atoms. The smallest absolute Gasteiger partial charge is 0.0210 e. The second-order valence-corrected chi connectivity index (χ2v) is 6.22. The third-order valence-corrected chi connectivity index (χ3v) is 3.28. The SMILES string of the molecule is C#CCCSc1ccc(CNC(C)(C)C)cc1. The molecule has 17 heavy (non-hydrogen) atoms. The van der Waals surface area contributed by atoms with Crippen LogP contribution in [0.25, 0.3) is 0 Å². The van der Waals surface area contributed by atoms with Crippen LogP contribution in [0.5, 0.6) is 0 Å². The standard InChI is InChI=1S/C15H21NS/c1-5-6-11-17-14-9-7-13(8-10-14)12-16-15(2,3)4/h1,7-10,16H,6,11-12H2,2-4H3. The molecular formula is C15H21NS. The molecule has 0 unspecified atom stereocenters. The number of hydrogen-bond donors (Lipinski definition) is 1. The Morgan fingerprint density at radius 3 is 2.41 bits per heavy atom. The van der Waals surface area contributed by atoms with Crippen molar-refractivity contribution in [2.75, 3.05) is 5.75 Å². The van der Waals surface area contributed by atoms with Crippen molar-refractivity contribution < 1.29 is 0 Å². The molecule has 1 aromatic carbocycles. The van der Waals surface area contributed by atoms with Crippen LogP contribution in [0.15, 0.2) is 29.2 Å². The fourth-order valence-electron chi connectivity index (χ4n) is 1.30. The fourth-order valence-corrected chi connectivity index (χ4v) is 2.08. The summed E-state index contributed by atoms with van der Waals surface area (Å²) in [7, 11) is 0. The van der Waals surface area contributed by atoms with Gasteiger partial charge in [-0.15, -0.1) is 24.1 Å². The van der Waals surface area contributed by atoms with E-state index in [9.17, 15) is 0 Å². The Kier molecular flexibility index (Phi) is 5.61. The molecule has 0 radical (unpaired) electrons. The molecule has 0 aromatic heterocycles. The van der Waals surface area contributed by atoms with E-state index in [0.717, 1.165) is 18.7 Å². The van der Waals surface area contributed by atoms with Crippen LogP contribution in [0.4, 0.5) is 0 Å². The maximum absolute atomic E-state index is 5.23. The van der Waals surface area contributed by atoms with Gasteiger partial charge in [-0.25, -0.2) is 0 Å². The zero-order chi connectivity index (χ0) is 12.7. The number of terminal acetylenes is 1. The lowest BCUT2D eigenvalue weighted by Crippen LogP contribution is -2.35. The van der Waals surface area contributed by atoms with Crippen LogP contribution in [0.3, 0.4) is 0 Å². The summed E-state index contributed by atoms with van der Waals surface area (Å²) in [5.74, 6) is 3.65. The summed E-state index contributed by atoms with van der Waals surface area (Å²) in [6.07, 6.45) is 6.06. The van der Waals surface area contributed by atoms with E-state index in [1.807, 2.05) is 11.8 Å². The van der Waals surface area contributed by atoms with Gasteiger partial charge in [0.15, 0.2) is 0 Å². The summed E-state index contributed by atoms with van der Waals surface area (Å²) in [4.78, 5) is 1.29. The highest BCUT2D eigenvalue weighted by atomic mass is 32.2. The Bertz CT molecular complexity index is 367. The molecule has 1 nitrogen and oxygen atoms in total. The minimum absolute atomic E-state index is 0.167. The van der Waals surface area contributed by atoms with Gasteiger partial charge in [0.1, 0.15) is 0 Å². The molecule has 2 heteroatoms. The van der Waals surface area contributed by atoms with Crippen LogP contribution < -0.4 is 5.32 Å². The summed E-state index contributed by atoms with van der Waals surface area (Å²) in [6.45, 7) is 7.45. The Morgan fingerprint density at radius 1 is 1.24 bits per heavy atom. The molecule has 1 rings (SSSR count). The summed E-state index contributed by atoms with van der Waals surface area (Å²) >= 11 is 1.81. The van der Waals surface area contributed by atoms with Crippen LogP contribution in [0.2, 0.25) is 0 Å². The first-order valence-corrected chi connectivity index (χ1v) is 6.90. The van der Waals surface area contributed by atoms with Crippen molar-refractivity contribution in [3.8, 4) is 12.3 Å². The van der Waals surface area contributed by atoms with Gasteiger partial charge in [0, 0.05) is 29.2 Å². The van der Waals surface area contributed by atoms with Crippen molar-refractivity contribution in [1.29, 1.82) is 0 Å². The zero-order valence-corrected chi connectivity index (χ0v) is 11.7. The van der Waals surface area contributed by atoms with Crippen LogP contribution in [-0.4, -0.2) is 11.3 Å². The predicted molar refractivity (Wildman–Crippen MR) is 77.2 cm³/mol. The largest absolute Gasteiger partial charge is 0.308 e. The molecule has 0 atom stereocenters. The molecule has 92 valence electrons. The Morgan fingerprint density at radius 2 is 1.88 bits per heavy atom. The molecule has 0 fully saturated rings. The molecule has 0 spiro atoms. The van der Waals surface area contributed by atoms with Crippen LogP contribution in [-0.2, 0) is 6.54 Å². The van der Waals surface area contributed by atoms with E-state index in [0.29, 0.717) is 0 Å². The van der Waals surface area contributed by atoms with E-state index in [1.54, 1.807) is 0 Å².